The molecule has 5 fully saturated rings. The lowest BCUT2D eigenvalue weighted by molar-refractivity contribution is -0.297. The van der Waals surface area contributed by atoms with E-state index in [2.05, 4.69) is 54.5 Å². The van der Waals surface area contributed by atoms with E-state index in [9.17, 15) is 35.1 Å². The van der Waals surface area contributed by atoms with Crippen LogP contribution in [-0.4, -0.2) is 80.7 Å². The summed E-state index contributed by atoms with van der Waals surface area (Å²) in [5.74, 6) is -0.160. The smallest absolute Gasteiger partial charge is 0.315 e. The molecule has 0 bridgehead atoms. The second-order valence-electron chi connectivity index (χ2n) is 17.7. The number of ether oxygens (including phenoxy) is 2. The fourth-order valence-electron chi connectivity index (χ4n) is 11.6. The highest BCUT2D eigenvalue weighted by molar-refractivity contribution is 5.89. The van der Waals surface area contributed by atoms with Crippen LogP contribution in [0.2, 0.25) is 0 Å². The molecule has 45 heavy (non-hydrogen) atoms. The van der Waals surface area contributed by atoms with Crippen molar-refractivity contribution in [2.24, 2.45) is 50.2 Å². The van der Waals surface area contributed by atoms with Crippen molar-refractivity contribution in [3.05, 3.63) is 11.6 Å². The third kappa shape index (κ3) is 4.46. The van der Waals surface area contributed by atoms with E-state index in [1.165, 1.54) is 5.57 Å². The summed E-state index contributed by atoms with van der Waals surface area (Å²) in [4.78, 5) is 29.0. The Bertz CT molecular complexity index is 1260. The zero-order chi connectivity index (χ0) is 33.1. The third-order valence-corrected chi connectivity index (χ3v) is 14.9. The first-order valence-corrected chi connectivity index (χ1v) is 17.2. The van der Waals surface area contributed by atoms with Gasteiger partial charge >= 0.3 is 5.97 Å². The van der Waals surface area contributed by atoms with E-state index in [0.717, 1.165) is 32.1 Å². The van der Waals surface area contributed by atoms with Gasteiger partial charge in [0.1, 0.15) is 30.2 Å². The summed E-state index contributed by atoms with van der Waals surface area (Å²) in [7, 11) is 0. The number of carbonyl (C=O) groups excluding carboxylic acids is 2. The van der Waals surface area contributed by atoms with E-state index in [-0.39, 0.29) is 39.8 Å². The Morgan fingerprint density at radius 1 is 0.911 bits per heavy atom. The number of allylic oxidation sites excluding steroid dienone is 2. The lowest BCUT2D eigenvalue weighted by atomic mass is 9.33. The van der Waals surface area contributed by atoms with Crippen LogP contribution in [-0.2, 0) is 19.1 Å². The van der Waals surface area contributed by atoms with Gasteiger partial charge < -0.3 is 35.0 Å². The highest BCUT2D eigenvalue weighted by Crippen LogP contribution is 2.75. The average molecular weight is 633 g/mol. The third-order valence-electron chi connectivity index (χ3n) is 14.9. The van der Waals surface area contributed by atoms with E-state index in [1.54, 1.807) is 0 Å². The summed E-state index contributed by atoms with van der Waals surface area (Å²) in [5.41, 5.74) is -1.26. The molecule has 0 aromatic rings. The van der Waals surface area contributed by atoms with E-state index < -0.39 is 65.6 Å². The van der Waals surface area contributed by atoms with Crippen molar-refractivity contribution in [1.29, 1.82) is 0 Å². The van der Waals surface area contributed by atoms with Crippen molar-refractivity contribution in [3.63, 3.8) is 0 Å². The maximum Gasteiger partial charge on any atom is 0.315 e. The number of hydrogen-bond acceptors (Lipinski definition) is 9. The van der Waals surface area contributed by atoms with Crippen molar-refractivity contribution in [2.75, 3.05) is 6.61 Å². The van der Waals surface area contributed by atoms with Gasteiger partial charge in [0.15, 0.2) is 0 Å². The molecular weight excluding hydrogens is 576 g/mol. The number of carbonyl (C=O) groups is 2. The minimum Gasteiger partial charge on any atom is -0.432 e. The monoisotopic (exact) mass is 632 g/mol. The van der Waals surface area contributed by atoms with E-state index in [1.807, 2.05) is 0 Å². The van der Waals surface area contributed by atoms with Crippen molar-refractivity contribution in [3.8, 4) is 0 Å². The largest absolute Gasteiger partial charge is 0.432 e. The molecule has 0 amide bonds. The second-order valence-corrected chi connectivity index (χ2v) is 17.7. The van der Waals surface area contributed by atoms with Crippen LogP contribution in [0.3, 0.4) is 0 Å². The Labute approximate surface area is 267 Å². The van der Waals surface area contributed by atoms with Gasteiger partial charge in [-0.2, -0.15) is 0 Å². The van der Waals surface area contributed by atoms with Crippen LogP contribution in [0.15, 0.2) is 11.6 Å². The zero-order valence-corrected chi connectivity index (χ0v) is 28.2. The highest BCUT2D eigenvalue weighted by Gasteiger charge is 2.72. The topological polar surface area (TPSA) is 154 Å². The Morgan fingerprint density at radius 2 is 1.58 bits per heavy atom. The minimum atomic E-state index is -1.66. The molecule has 5 aliphatic carbocycles. The maximum absolute atomic E-state index is 14.6. The number of aliphatic hydroxyl groups is 5. The van der Waals surface area contributed by atoms with Crippen LogP contribution < -0.4 is 0 Å². The van der Waals surface area contributed by atoms with Crippen molar-refractivity contribution in [1.82, 2.24) is 0 Å². The van der Waals surface area contributed by atoms with Gasteiger partial charge in [0.05, 0.1) is 18.1 Å². The quantitative estimate of drug-likeness (QED) is 0.232. The Morgan fingerprint density at radius 3 is 2.24 bits per heavy atom. The molecule has 6 aliphatic rings. The molecule has 9 nitrogen and oxygen atoms in total. The molecule has 5 N–H and O–H groups in total. The molecule has 0 unspecified atom stereocenters. The number of fused-ring (bicyclic) bond motifs is 7. The summed E-state index contributed by atoms with van der Waals surface area (Å²) < 4.78 is 11.5. The molecule has 254 valence electrons. The van der Waals surface area contributed by atoms with Crippen molar-refractivity contribution < 1.29 is 44.6 Å². The lowest BCUT2D eigenvalue weighted by Crippen LogP contribution is -2.68. The van der Waals surface area contributed by atoms with Gasteiger partial charge in [-0.05, 0) is 85.4 Å². The fraction of sp³-hybridized carbons (Fsp3) is 0.889. The van der Waals surface area contributed by atoms with Crippen LogP contribution in [0.5, 0.6) is 0 Å². The summed E-state index contributed by atoms with van der Waals surface area (Å²) in [5, 5.41) is 52.0. The van der Waals surface area contributed by atoms with Gasteiger partial charge in [-0.3, -0.25) is 9.59 Å². The van der Waals surface area contributed by atoms with Gasteiger partial charge in [0.2, 0.25) is 6.29 Å². The number of hydrogen-bond donors (Lipinski definition) is 5. The van der Waals surface area contributed by atoms with Crippen LogP contribution in [0.4, 0.5) is 0 Å². The number of aliphatic hydroxyl groups excluding tert-OH is 5. The van der Waals surface area contributed by atoms with Crippen LogP contribution >= 0.6 is 0 Å². The molecule has 0 aromatic carbocycles. The Balaban J connectivity index is 1.38. The molecule has 9 heteroatoms. The van der Waals surface area contributed by atoms with Gasteiger partial charge in [-0.25, -0.2) is 0 Å². The number of Topliss-reactive ketones (excluding diaryl/α,β-unsaturated/α-hetero) is 1. The summed E-state index contributed by atoms with van der Waals surface area (Å²) >= 11 is 0. The van der Waals surface area contributed by atoms with E-state index in [0.29, 0.717) is 25.7 Å². The number of ketones is 1. The molecule has 1 heterocycles. The second kappa shape index (κ2) is 10.6. The molecule has 1 saturated heterocycles. The number of esters is 1. The summed E-state index contributed by atoms with van der Waals surface area (Å²) in [6, 6.07) is 0. The molecule has 0 radical (unpaired) electrons. The lowest BCUT2D eigenvalue weighted by Gasteiger charge is -2.70. The highest BCUT2D eigenvalue weighted by atomic mass is 16.7. The predicted molar refractivity (Wildman–Crippen MR) is 165 cm³/mol. The van der Waals surface area contributed by atoms with E-state index in [4.69, 9.17) is 9.47 Å². The average Bonchev–Trinajstić information content (AvgIpc) is 2.97. The van der Waals surface area contributed by atoms with Crippen molar-refractivity contribution in [2.45, 2.75) is 143 Å². The molecular formula is C36H56O9. The molecule has 6 rings (SSSR count). The molecule has 13 atom stereocenters. The Kier molecular flexibility index (Phi) is 7.88. The molecule has 0 aromatic heterocycles. The maximum atomic E-state index is 14.6. The number of rotatable bonds is 3. The summed E-state index contributed by atoms with van der Waals surface area (Å²) in [6.45, 7) is 14.9. The van der Waals surface area contributed by atoms with Crippen molar-refractivity contribution >= 4 is 11.8 Å². The molecule has 1 aliphatic heterocycles. The first-order chi connectivity index (χ1) is 20.8. The Hall–Kier alpha value is -1.36. The summed E-state index contributed by atoms with van der Waals surface area (Å²) in [6.07, 6.45) is 0.581. The van der Waals surface area contributed by atoms with Crippen LogP contribution in [0.1, 0.15) is 106 Å². The first kappa shape index (κ1) is 33.5. The SMILES string of the molecule is CC1(C)CC[C@]2(C(=O)O[C@@H]3O[C@H](CO)[C@@H](O)[C@H](O)[C@H]3O)CC[C@]3(C)C(=CC[C@H]4[C@@]5(C)CC[C@H](O)C(C)(C)[C@H]5CC(=O)[C@]43C)[C@H]2C1. The molecule has 4 saturated carbocycles. The van der Waals surface area contributed by atoms with Crippen LogP contribution in [0.25, 0.3) is 0 Å². The van der Waals surface area contributed by atoms with Gasteiger partial charge in [0, 0.05) is 17.3 Å². The fourth-order valence-corrected chi connectivity index (χ4v) is 11.6. The van der Waals surface area contributed by atoms with Gasteiger partial charge in [-0.1, -0.05) is 60.1 Å². The normalized spacial score (nSPS) is 52.0. The minimum absolute atomic E-state index is 0.0361. The van der Waals surface area contributed by atoms with Gasteiger partial charge in [-0.15, -0.1) is 0 Å². The predicted octanol–water partition coefficient (Wildman–Crippen LogP) is 3.67. The van der Waals surface area contributed by atoms with Gasteiger partial charge in [0.25, 0.3) is 0 Å². The van der Waals surface area contributed by atoms with Crippen LogP contribution in [0, 0.1) is 50.2 Å². The molecule has 0 spiro atoms. The standard InChI is InChI=1S/C36H56O9/c1-31(2)12-14-36(30(43)45-29-28(42)27(41)26(40)21(18-37)44-29)15-13-34(6)19(20(36)17-31)8-9-22-33(5)11-10-24(38)32(3,4)23(33)16-25(39)35(22,34)7/h8,20-24,26-29,37-38,40-42H,9-18H2,1-7H3/t20-,21-,22+,23-,24+,26-,27+,28-,29+,33-,34-,35+,36+/m1/s1. The zero-order valence-electron chi connectivity index (χ0n) is 28.2. The van der Waals surface area contributed by atoms with E-state index >= 15 is 0 Å². The first-order valence-electron chi connectivity index (χ1n) is 17.2.